The van der Waals surface area contributed by atoms with Crippen LogP contribution in [0.25, 0.3) is 33.4 Å². The zero-order chi connectivity index (χ0) is 32.0. The summed E-state index contributed by atoms with van der Waals surface area (Å²) in [4.78, 5) is 45.3. The number of carbonyl (C=O) groups is 3. The highest BCUT2D eigenvalue weighted by molar-refractivity contribution is 7.07. The first-order chi connectivity index (χ1) is 23.0. The summed E-state index contributed by atoms with van der Waals surface area (Å²) in [7, 11) is 0. The quantitative estimate of drug-likeness (QED) is 0.174. The minimum atomic E-state index is -0.998. The molecule has 1 aliphatic heterocycles. The number of hydrogen-bond acceptors (Lipinski definition) is 5. The molecule has 2 saturated carbocycles. The van der Waals surface area contributed by atoms with E-state index in [-0.39, 0.29) is 24.3 Å². The van der Waals surface area contributed by atoms with Crippen LogP contribution in [0.4, 0.5) is 11.4 Å². The Hall–Kier alpha value is -4.76. The van der Waals surface area contributed by atoms with Gasteiger partial charge in [0.1, 0.15) is 12.1 Å². The molecule has 0 saturated heterocycles. The molecule has 0 unspecified atom stereocenters. The predicted octanol–water partition coefficient (Wildman–Crippen LogP) is 8.11. The fraction of sp³-hybridized carbons (Fsp3) is 0.316. The molecule has 8 rings (SSSR count). The molecule has 3 heterocycles. The Balaban J connectivity index is 1.12. The highest BCUT2D eigenvalue weighted by Crippen LogP contribution is 2.46. The molecule has 2 aromatic heterocycles. The van der Waals surface area contributed by atoms with Gasteiger partial charge in [0, 0.05) is 33.1 Å². The van der Waals surface area contributed by atoms with Gasteiger partial charge in [-0.1, -0.05) is 68.5 Å². The van der Waals surface area contributed by atoms with Gasteiger partial charge in [0.15, 0.2) is 0 Å². The Labute approximate surface area is 277 Å². The lowest BCUT2D eigenvalue weighted by Crippen LogP contribution is -2.55. The molecule has 0 bridgehead atoms. The molecule has 3 N–H and O–H groups in total. The van der Waals surface area contributed by atoms with Crippen molar-refractivity contribution in [1.82, 2.24) is 14.9 Å². The molecule has 5 aromatic rings. The van der Waals surface area contributed by atoms with Crippen LogP contribution in [0.2, 0.25) is 0 Å². The molecule has 3 aliphatic rings. The molecule has 8 nitrogen and oxygen atoms in total. The van der Waals surface area contributed by atoms with E-state index in [0.717, 1.165) is 64.8 Å². The minimum Gasteiger partial charge on any atom is -0.338 e. The summed E-state index contributed by atoms with van der Waals surface area (Å²) < 4.78 is 2.10. The largest absolute Gasteiger partial charge is 0.338 e. The fourth-order valence-corrected chi connectivity index (χ4v) is 8.48. The first kappa shape index (κ1) is 29.6. The Morgan fingerprint density at radius 2 is 1.72 bits per heavy atom. The Morgan fingerprint density at radius 1 is 0.936 bits per heavy atom. The van der Waals surface area contributed by atoms with Crippen LogP contribution in [0, 0.1) is 0 Å². The number of aromatic nitrogens is 2. The van der Waals surface area contributed by atoms with E-state index < -0.39 is 5.54 Å². The molecule has 0 atom stereocenters. The number of benzene rings is 3. The van der Waals surface area contributed by atoms with Crippen molar-refractivity contribution in [3.8, 4) is 22.5 Å². The van der Waals surface area contributed by atoms with Gasteiger partial charge in [0.2, 0.25) is 11.8 Å². The first-order valence-corrected chi connectivity index (χ1v) is 17.6. The first-order valence-electron chi connectivity index (χ1n) is 16.7. The van der Waals surface area contributed by atoms with Gasteiger partial charge in [0.05, 0.1) is 28.1 Å². The van der Waals surface area contributed by atoms with Gasteiger partial charge < -0.3 is 20.5 Å². The molecule has 0 spiro atoms. The number of nitrogens with one attached hydrogen (secondary N) is 3. The van der Waals surface area contributed by atoms with E-state index in [9.17, 15) is 14.4 Å². The number of anilines is 2. The molecule has 3 aromatic carbocycles. The van der Waals surface area contributed by atoms with Crippen LogP contribution in [0.3, 0.4) is 0 Å². The number of para-hydroxylation sites is 1. The van der Waals surface area contributed by atoms with E-state index >= 15 is 0 Å². The van der Waals surface area contributed by atoms with Crippen LogP contribution in [0.1, 0.15) is 79.6 Å². The molecule has 2 fully saturated rings. The van der Waals surface area contributed by atoms with Crippen molar-refractivity contribution in [2.75, 3.05) is 10.6 Å². The summed E-state index contributed by atoms with van der Waals surface area (Å²) in [5.74, 6) is -0.171. The number of nitrogens with zero attached hydrogens (tertiary/aromatic N) is 2. The topological polar surface area (TPSA) is 105 Å². The van der Waals surface area contributed by atoms with Gasteiger partial charge in [0.25, 0.3) is 5.91 Å². The molecule has 3 amide bonds. The molecule has 238 valence electrons. The molecule has 47 heavy (non-hydrogen) atoms. The van der Waals surface area contributed by atoms with Gasteiger partial charge >= 0.3 is 0 Å². The maximum absolute atomic E-state index is 14.0. The highest BCUT2D eigenvalue weighted by atomic mass is 32.1. The second-order valence-corrected chi connectivity index (χ2v) is 13.9. The highest BCUT2D eigenvalue weighted by Gasteiger charge is 2.43. The lowest BCUT2D eigenvalue weighted by Gasteiger charge is -2.29. The Morgan fingerprint density at radius 3 is 2.49 bits per heavy atom. The van der Waals surface area contributed by atoms with Gasteiger partial charge in [-0.15, -0.1) is 11.3 Å². The maximum Gasteiger partial charge on any atom is 0.252 e. The molecular formula is C38H37N5O3S. The molecule has 0 radical (unpaired) electrons. The van der Waals surface area contributed by atoms with Gasteiger partial charge in [-0.3, -0.25) is 14.4 Å². The van der Waals surface area contributed by atoms with Crippen molar-refractivity contribution >= 4 is 51.3 Å². The molecule has 2 aliphatic carbocycles. The standard InChI is InChI=1S/C38H37N5O3S/c44-33-21-43-32-20-26(14-17-29(32)34(25-8-2-1-3-9-25)35(43)28-10-4-5-11-30(28)41-33)36(45)42-38(18-6-7-19-38)37(46)40-27-15-12-24(13-16-27)31-22-47-23-39-31/h4-5,10-17,20,22-23,25H,1-3,6-9,18-19,21H2,(H,40,46)(H,41,44)(H,42,45). The van der Waals surface area contributed by atoms with E-state index in [1.165, 1.54) is 24.8 Å². The normalized spacial score (nSPS) is 17.4. The lowest BCUT2D eigenvalue weighted by atomic mass is 9.81. The van der Waals surface area contributed by atoms with E-state index in [0.29, 0.717) is 30.0 Å². The summed E-state index contributed by atoms with van der Waals surface area (Å²) in [5, 5.41) is 12.4. The van der Waals surface area contributed by atoms with Crippen LogP contribution in [-0.2, 0) is 16.1 Å². The molecular weight excluding hydrogens is 607 g/mol. The smallest absolute Gasteiger partial charge is 0.252 e. The van der Waals surface area contributed by atoms with Crippen molar-refractivity contribution < 1.29 is 14.4 Å². The molecule has 9 heteroatoms. The number of fused-ring (bicyclic) bond motifs is 5. The second kappa shape index (κ2) is 12.1. The van der Waals surface area contributed by atoms with E-state index in [4.69, 9.17) is 0 Å². The van der Waals surface area contributed by atoms with E-state index in [1.807, 2.05) is 60.0 Å². The fourth-order valence-electron chi connectivity index (χ4n) is 7.92. The van der Waals surface area contributed by atoms with Crippen molar-refractivity contribution in [2.45, 2.75) is 75.8 Å². The van der Waals surface area contributed by atoms with Crippen molar-refractivity contribution in [2.24, 2.45) is 0 Å². The zero-order valence-corrected chi connectivity index (χ0v) is 27.0. The predicted molar refractivity (Wildman–Crippen MR) is 187 cm³/mol. The van der Waals surface area contributed by atoms with Gasteiger partial charge in [-0.2, -0.15) is 0 Å². The summed E-state index contributed by atoms with van der Waals surface area (Å²) in [6, 6.07) is 21.5. The van der Waals surface area contributed by atoms with Crippen molar-refractivity contribution in [3.63, 3.8) is 0 Å². The summed E-state index contributed by atoms with van der Waals surface area (Å²) in [6.45, 7) is 0.173. The number of carbonyl (C=O) groups excluding carboxylic acids is 3. The third-order valence-electron chi connectivity index (χ3n) is 10.3. The second-order valence-electron chi connectivity index (χ2n) is 13.2. The van der Waals surface area contributed by atoms with Crippen LogP contribution in [0.5, 0.6) is 0 Å². The monoisotopic (exact) mass is 643 g/mol. The van der Waals surface area contributed by atoms with Gasteiger partial charge in [-0.25, -0.2) is 4.98 Å². The average molecular weight is 644 g/mol. The minimum absolute atomic E-state index is 0.0839. The maximum atomic E-state index is 14.0. The number of hydrogen-bond donors (Lipinski definition) is 3. The van der Waals surface area contributed by atoms with Crippen LogP contribution < -0.4 is 16.0 Å². The van der Waals surface area contributed by atoms with Crippen molar-refractivity contribution in [1.29, 1.82) is 0 Å². The zero-order valence-electron chi connectivity index (χ0n) is 26.2. The van der Waals surface area contributed by atoms with E-state index in [2.05, 4.69) is 37.6 Å². The summed E-state index contributed by atoms with van der Waals surface area (Å²) in [6.07, 6.45) is 8.74. The Kier molecular flexibility index (Phi) is 7.64. The average Bonchev–Trinajstić information content (AvgIpc) is 3.85. The van der Waals surface area contributed by atoms with Gasteiger partial charge in [-0.05, 0) is 67.5 Å². The lowest BCUT2D eigenvalue weighted by molar-refractivity contribution is -0.122. The Bertz CT molecular complexity index is 1980. The third-order valence-corrected chi connectivity index (χ3v) is 10.8. The third kappa shape index (κ3) is 5.42. The summed E-state index contributed by atoms with van der Waals surface area (Å²) >= 11 is 1.54. The van der Waals surface area contributed by atoms with E-state index in [1.54, 1.807) is 16.8 Å². The summed E-state index contributed by atoms with van der Waals surface area (Å²) in [5.41, 5.74) is 8.93. The van der Waals surface area contributed by atoms with Crippen LogP contribution in [-0.4, -0.2) is 32.8 Å². The number of rotatable bonds is 6. The van der Waals surface area contributed by atoms with Crippen LogP contribution in [0.15, 0.2) is 77.6 Å². The number of amides is 3. The van der Waals surface area contributed by atoms with Crippen molar-refractivity contribution in [3.05, 3.63) is 88.7 Å². The number of thiazole rings is 1. The van der Waals surface area contributed by atoms with Crippen LogP contribution >= 0.6 is 11.3 Å². The SMILES string of the molecule is O=C1Cn2c(c(C3CCCCC3)c3ccc(C(=O)NC4(C(=O)Nc5ccc(-c6cscn6)cc5)CCCC4)cc32)-c2ccccc2N1.